The van der Waals surface area contributed by atoms with Gasteiger partial charge in [-0.3, -0.25) is 0 Å². The normalized spacial score (nSPS) is 14.4. The largest absolute Gasteiger partial charge is 0.310 e. The molecule has 0 radical (unpaired) electrons. The van der Waals surface area contributed by atoms with Crippen LogP contribution in [0.25, 0.3) is 61.2 Å². The van der Waals surface area contributed by atoms with Crippen molar-refractivity contribution in [2.45, 2.75) is 51.4 Å². The second kappa shape index (κ2) is 18.1. The fourth-order valence-electron chi connectivity index (χ4n) is 12.2. The number of anilines is 6. The molecule has 0 aliphatic heterocycles. The lowest BCUT2D eigenvalue weighted by molar-refractivity contribution is 0.652. The van der Waals surface area contributed by atoms with Gasteiger partial charge in [0.2, 0.25) is 0 Å². The van der Waals surface area contributed by atoms with Gasteiger partial charge in [-0.25, -0.2) is 0 Å². The smallest absolute Gasteiger partial charge is 0.0529 e. The molecule has 0 unspecified atom stereocenters. The van der Waals surface area contributed by atoms with Crippen LogP contribution in [0.15, 0.2) is 255 Å². The van der Waals surface area contributed by atoms with E-state index in [-0.39, 0.29) is 10.8 Å². The van der Waals surface area contributed by atoms with E-state index in [1.165, 1.54) is 89.0 Å². The molecule has 13 rings (SSSR count). The van der Waals surface area contributed by atoms with E-state index in [9.17, 15) is 0 Å². The van der Waals surface area contributed by atoms with E-state index in [1.54, 1.807) is 0 Å². The SMILES string of the molecule is CC1(C)c2ccccc2-c2cc3c(cc21)-c1cc(N(c2ccc(C4=CCCC=C4)cc2)c2ccc(-c4ccccc4)cc2)cc(N(c2ccc(-c4ccccc4)cc2)c2ccc(-c4ccccc4)cc2)c1C3(C)C. The van der Waals surface area contributed by atoms with Gasteiger partial charge >= 0.3 is 0 Å². The summed E-state index contributed by atoms with van der Waals surface area (Å²) in [5.41, 5.74) is 26.5. The number of fused-ring (bicyclic) bond motifs is 6. The summed E-state index contributed by atoms with van der Waals surface area (Å²) in [6.07, 6.45) is 9.09. The zero-order valence-corrected chi connectivity index (χ0v) is 42.6. The fourth-order valence-corrected chi connectivity index (χ4v) is 12.2. The molecule has 3 aliphatic carbocycles. The van der Waals surface area contributed by atoms with E-state index in [0.29, 0.717) is 0 Å². The second-order valence-corrected chi connectivity index (χ2v) is 21.2. The summed E-state index contributed by atoms with van der Waals surface area (Å²) in [6, 6.07) is 87.9. The van der Waals surface area contributed by atoms with Crippen LogP contribution >= 0.6 is 0 Å². The maximum Gasteiger partial charge on any atom is 0.0529 e. The highest BCUT2D eigenvalue weighted by Gasteiger charge is 2.44. The van der Waals surface area contributed by atoms with Gasteiger partial charge in [0.15, 0.2) is 0 Å². The third-order valence-corrected chi connectivity index (χ3v) is 16.1. The molecule has 0 spiro atoms. The summed E-state index contributed by atoms with van der Waals surface area (Å²) in [4.78, 5) is 4.99. The van der Waals surface area contributed by atoms with Crippen molar-refractivity contribution in [3.63, 3.8) is 0 Å². The summed E-state index contributed by atoms with van der Waals surface area (Å²) in [5.74, 6) is 0. The van der Waals surface area contributed by atoms with Crippen LogP contribution in [-0.2, 0) is 10.8 Å². The van der Waals surface area contributed by atoms with Gasteiger partial charge in [0.1, 0.15) is 0 Å². The van der Waals surface area contributed by atoms with Gasteiger partial charge in [0, 0.05) is 39.3 Å². The topological polar surface area (TPSA) is 6.48 Å². The van der Waals surface area contributed by atoms with E-state index in [2.05, 4.69) is 292 Å². The summed E-state index contributed by atoms with van der Waals surface area (Å²) in [5, 5.41) is 0. The lowest BCUT2D eigenvalue weighted by Crippen LogP contribution is -2.21. The van der Waals surface area contributed by atoms with Gasteiger partial charge in [-0.15, -0.1) is 0 Å². The van der Waals surface area contributed by atoms with Crippen molar-refractivity contribution in [3.8, 4) is 55.6 Å². The molecule has 0 fully saturated rings. The van der Waals surface area contributed by atoms with Crippen molar-refractivity contribution in [1.82, 2.24) is 0 Å². The van der Waals surface area contributed by atoms with E-state index >= 15 is 0 Å². The molecule has 0 N–H and O–H groups in total. The minimum absolute atomic E-state index is 0.154. The van der Waals surface area contributed by atoms with Crippen LogP contribution < -0.4 is 9.80 Å². The molecule has 0 aromatic heterocycles. The van der Waals surface area contributed by atoms with E-state index in [4.69, 9.17) is 0 Å². The zero-order chi connectivity index (χ0) is 50.0. The van der Waals surface area contributed by atoms with E-state index in [1.807, 2.05) is 0 Å². The Hall–Kier alpha value is -8.72. The predicted octanol–water partition coefficient (Wildman–Crippen LogP) is 20.0. The van der Waals surface area contributed by atoms with Crippen molar-refractivity contribution < 1.29 is 0 Å². The van der Waals surface area contributed by atoms with Crippen LogP contribution in [0.1, 0.15) is 68.4 Å². The first-order valence-electron chi connectivity index (χ1n) is 26.2. The molecule has 0 saturated heterocycles. The molecule has 2 nitrogen and oxygen atoms in total. The Labute approximate surface area is 436 Å². The molecule has 0 saturated carbocycles. The quantitative estimate of drug-likeness (QED) is 0.135. The molecular weight excluding hydrogens is 893 g/mol. The van der Waals surface area contributed by atoms with Crippen LogP contribution in [0, 0.1) is 0 Å². The van der Waals surface area contributed by atoms with Crippen molar-refractivity contribution >= 4 is 39.7 Å². The highest BCUT2D eigenvalue weighted by Crippen LogP contribution is 2.60. The van der Waals surface area contributed by atoms with Crippen molar-refractivity contribution in [3.05, 3.63) is 283 Å². The lowest BCUT2D eigenvalue weighted by atomic mass is 9.78. The molecule has 0 heterocycles. The Morgan fingerprint density at radius 3 is 1.22 bits per heavy atom. The minimum Gasteiger partial charge on any atom is -0.310 e. The number of rotatable bonds is 10. The Bertz CT molecular complexity index is 3690. The highest BCUT2D eigenvalue weighted by molar-refractivity contribution is 5.98. The van der Waals surface area contributed by atoms with E-state index in [0.717, 1.165) is 47.0 Å². The van der Waals surface area contributed by atoms with Crippen LogP contribution in [0.5, 0.6) is 0 Å². The van der Waals surface area contributed by atoms with Gasteiger partial charge in [-0.2, -0.15) is 0 Å². The summed E-state index contributed by atoms with van der Waals surface area (Å²) < 4.78 is 0. The molecule has 356 valence electrons. The molecule has 0 bridgehead atoms. The first kappa shape index (κ1) is 45.2. The molecule has 2 heteroatoms. The van der Waals surface area contributed by atoms with Crippen LogP contribution in [0.4, 0.5) is 34.1 Å². The molecule has 74 heavy (non-hydrogen) atoms. The van der Waals surface area contributed by atoms with E-state index < -0.39 is 0 Å². The summed E-state index contributed by atoms with van der Waals surface area (Å²) >= 11 is 0. The van der Waals surface area contributed by atoms with Gasteiger partial charge in [-0.05, 0) is 175 Å². The molecular formula is C72H58N2. The first-order valence-corrected chi connectivity index (χ1v) is 26.2. The highest BCUT2D eigenvalue weighted by atomic mass is 15.2. The van der Waals surface area contributed by atoms with Crippen LogP contribution in [-0.4, -0.2) is 0 Å². The number of hydrogen-bond acceptors (Lipinski definition) is 2. The Kier molecular flexibility index (Phi) is 11.0. The summed E-state index contributed by atoms with van der Waals surface area (Å²) in [7, 11) is 0. The third kappa shape index (κ3) is 7.72. The first-order chi connectivity index (χ1) is 36.2. The zero-order valence-electron chi connectivity index (χ0n) is 42.6. The Balaban J connectivity index is 1.07. The molecule has 3 aliphatic rings. The molecule has 0 amide bonds. The standard InChI is InChI=1S/C72H58N2/c1-71(2)66-28-18-17-27-62(66)63-47-68-64(48-67(63)71)65-45-61(73(57-37-29-53(30-38-57)49-19-9-5-10-20-49)58-39-31-54(32-40-58)50-21-11-6-12-22-50)46-69(70(65)72(68,3)4)74(59-41-33-55(34-42-59)51-23-13-7-14-24-51)60-43-35-56(36-44-60)52-25-15-8-16-26-52/h5,7-11,13-48H,6,12H2,1-4H3. The van der Waals surface area contributed by atoms with Crippen LogP contribution in [0.3, 0.4) is 0 Å². The minimum atomic E-state index is -0.369. The number of nitrogens with zero attached hydrogens (tertiary/aromatic N) is 2. The number of hydrogen-bond donors (Lipinski definition) is 0. The van der Waals surface area contributed by atoms with Crippen molar-refractivity contribution in [1.29, 1.82) is 0 Å². The van der Waals surface area contributed by atoms with Crippen LogP contribution in [0.2, 0.25) is 0 Å². The summed E-state index contributed by atoms with van der Waals surface area (Å²) in [6.45, 7) is 9.69. The van der Waals surface area contributed by atoms with Gasteiger partial charge < -0.3 is 9.80 Å². The lowest BCUT2D eigenvalue weighted by Gasteiger charge is -2.34. The van der Waals surface area contributed by atoms with Crippen molar-refractivity contribution in [2.24, 2.45) is 0 Å². The van der Waals surface area contributed by atoms with Gasteiger partial charge in [-0.1, -0.05) is 210 Å². The number of benzene rings is 10. The van der Waals surface area contributed by atoms with Gasteiger partial charge in [0.25, 0.3) is 0 Å². The monoisotopic (exact) mass is 950 g/mol. The molecule has 10 aromatic rings. The number of allylic oxidation sites excluding steroid dienone is 4. The van der Waals surface area contributed by atoms with Crippen molar-refractivity contribution in [2.75, 3.05) is 9.80 Å². The maximum atomic E-state index is 2.55. The maximum absolute atomic E-state index is 2.55. The third-order valence-electron chi connectivity index (χ3n) is 16.1. The Morgan fingerprint density at radius 1 is 0.311 bits per heavy atom. The second-order valence-electron chi connectivity index (χ2n) is 21.2. The van der Waals surface area contributed by atoms with Gasteiger partial charge in [0.05, 0.1) is 5.69 Å². The molecule has 0 atom stereocenters. The average molecular weight is 951 g/mol. The average Bonchev–Trinajstić information content (AvgIpc) is 3.83. The Morgan fingerprint density at radius 2 is 0.730 bits per heavy atom. The predicted molar refractivity (Wildman–Crippen MR) is 314 cm³/mol. The molecule has 10 aromatic carbocycles. The fraction of sp³-hybridized carbons (Fsp3) is 0.111.